The van der Waals surface area contributed by atoms with Gasteiger partial charge in [0.15, 0.2) is 0 Å². The molecule has 2 aromatic carbocycles. The van der Waals surface area contributed by atoms with Gasteiger partial charge in [0.25, 0.3) is 5.91 Å². The average molecular weight is 356 g/mol. The number of halogens is 2. The number of amides is 1. The molecule has 1 amide bonds. The fraction of sp³-hybridized carbons (Fsp3) is 0.0526. The predicted molar refractivity (Wildman–Crippen MR) is 89.9 cm³/mol. The minimum absolute atomic E-state index is 0.0442. The van der Waals surface area contributed by atoms with E-state index in [9.17, 15) is 18.7 Å². The van der Waals surface area contributed by atoms with Gasteiger partial charge < -0.3 is 15.2 Å². The molecule has 3 aromatic rings. The van der Waals surface area contributed by atoms with Crippen LogP contribution in [0.2, 0.25) is 0 Å². The van der Waals surface area contributed by atoms with Gasteiger partial charge >= 0.3 is 0 Å². The Balaban J connectivity index is 1.74. The highest BCUT2D eigenvalue weighted by molar-refractivity contribution is 5.96. The molecule has 0 saturated heterocycles. The van der Waals surface area contributed by atoms with Gasteiger partial charge in [0.1, 0.15) is 28.7 Å². The van der Waals surface area contributed by atoms with Crippen molar-refractivity contribution in [3.63, 3.8) is 0 Å². The molecule has 1 aromatic heterocycles. The van der Waals surface area contributed by atoms with E-state index in [2.05, 4.69) is 10.3 Å². The minimum atomic E-state index is -0.626. The highest BCUT2D eigenvalue weighted by atomic mass is 19.1. The second-order valence-corrected chi connectivity index (χ2v) is 5.37. The first-order valence-electron chi connectivity index (χ1n) is 7.67. The van der Waals surface area contributed by atoms with Crippen molar-refractivity contribution in [3.05, 3.63) is 83.6 Å². The SMILES string of the molecule is O=C(NCc1ccc(O)cc1F)c1cccnc1Oc1ccc(F)cc1. The van der Waals surface area contributed by atoms with Crippen LogP contribution in [0.3, 0.4) is 0 Å². The maximum absolute atomic E-state index is 13.7. The molecule has 0 saturated carbocycles. The standard InChI is InChI=1S/C19H14F2N2O3/c20-13-4-7-15(8-5-13)26-19-16(2-1-9-22-19)18(25)23-11-12-3-6-14(24)10-17(12)21/h1-10,24H,11H2,(H,23,25). The van der Waals surface area contributed by atoms with Crippen LogP contribution in [0.5, 0.6) is 17.4 Å². The number of benzene rings is 2. The number of rotatable bonds is 5. The molecule has 0 aliphatic carbocycles. The molecule has 0 aliphatic heterocycles. The smallest absolute Gasteiger partial charge is 0.257 e. The lowest BCUT2D eigenvalue weighted by atomic mass is 10.2. The van der Waals surface area contributed by atoms with Gasteiger partial charge in [-0.15, -0.1) is 0 Å². The van der Waals surface area contributed by atoms with Crippen LogP contribution in [0.4, 0.5) is 8.78 Å². The second kappa shape index (κ2) is 7.60. The van der Waals surface area contributed by atoms with Crippen molar-refractivity contribution in [1.82, 2.24) is 10.3 Å². The van der Waals surface area contributed by atoms with Crippen LogP contribution in [0, 0.1) is 11.6 Å². The summed E-state index contributed by atoms with van der Waals surface area (Å²) in [4.78, 5) is 16.4. The zero-order valence-corrected chi connectivity index (χ0v) is 13.4. The largest absolute Gasteiger partial charge is 0.508 e. The van der Waals surface area contributed by atoms with Crippen molar-refractivity contribution in [1.29, 1.82) is 0 Å². The van der Waals surface area contributed by atoms with Crippen LogP contribution in [0.25, 0.3) is 0 Å². The molecule has 5 nitrogen and oxygen atoms in total. The van der Waals surface area contributed by atoms with E-state index >= 15 is 0 Å². The van der Waals surface area contributed by atoms with Crippen molar-refractivity contribution in [3.8, 4) is 17.4 Å². The first-order chi connectivity index (χ1) is 12.5. The van der Waals surface area contributed by atoms with Crippen molar-refractivity contribution in [2.45, 2.75) is 6.54 Å². The van der Waals surface area contributed by atoms with Crippen LogP contribution in [0.15, 0.2) is 60.8 Å². The summed E-state index contributed by atoms with van der Waals surface area (Å²) >= 11 is 0. The number of hydrogen-bond acceptors (Lipinski definition) is 4. The predicted octanol–water partition coefficient (Wildman–Crippen LogP) is 3.79. The lowest BCUT2D eigenvalue weighted by molar-refractivity contribution is 0.0947. The van der Waals surface area contributed by atoms with Gasteiger partial charge in [-0.05, 0) is 42.5 Å². The van der Waals surface area contributed by atoms with Crippen molar-refractivity contribution in [2.75, 3.05) is 0 Å². The zero-order chi connectivity index (χ0) is 18.5. The van der Waals surface area contributed by atoms with Gasteiger partial charge in [0.05, 0.1) is 0 Å². The molecule has 3 rings (SSSR count). The van der Waals surface area contributed by atoms with E-state index in [1.807, 2.05) is 0 Å². The summed E-state index contributed by atoms with van der Waals surface area (Å²) in [6, 6.07) is 12.0. The normalized spacial score (nSPS) is 10.4. The molecule has 26 heavy (non-hydrogen) atoms. The van der Waals surface area contributed by atoms with Gasteiger partial charge in [-0.3, -0.25) is 4.79 Å². The van der Waals surface area contributed by atoms with E-state index in [1.54, 1.807) is 6.07 Å². The second-order valence-electron chi connectivity index (χ2n) is 5.37. The number of carbonyl (C=O) groups is 1. The topological polar surface area (TPSA) is 71.5 Å². The molecule has 0 atom stereocenters. The number of aromatic hydroxyl groups is 1. The third-order valence-electron chi connectivity index (χ3n) is 3.52. The first kappa shape index (κ1) is 17.3. The lowest BCUT2D eigenvalue weighted by Gasteiger charge is -2.11. The molecule has 0 spiro atoms. The van der Waals surface area contributed by atoms with Gasteiger partial charge in [-0.1, -0.05) is 6.07 Å². The number of nitrogens with one attached hydrogen (secondary N) is 1. The first-order valence-corrected chi connectivity index (χ1v) is 7.67. The van der Waals surface area contributed by atoms with Crippen LogP contribution < -0.4 is 10.1 Å². The molecule has 0 unspecified atom stereocenters. The average Bonchev–Trinajstić information content (AvgIpc) is 2.63. The Morgan fingerprint density at radius 1 is 1.12 bits per heavy atom. The van der Waals surface area contributed by atoms with Crippen molar-refractivity contribution >= 4 is 5.91 Å². The number of hydrogen-bond donors (Lipinski definition) is 2. The Labute approximate surface area is 147 Å². The van der Waals surface area contributed by atoms with E-state index in [4.69, 9.17) is 4.74 Å². The van der Waals surface area contributed by atoms with E-state index < -0.39 is 17.5 Å². The van der Waals surface area contributed by atoms with Gasteiger partial charge in [0.2, 0.25) is 5.88 Å². The molecule has 7 heteroatoms. The van der Waals surface area contributed by atoms with E-state index in [-0.39, 0.29) is 29.3 Å². The molecule has 0 aliphatic rings. The summed E-state index contributed by atoms with van der Waals surface area (Å²) in [7, 11) is 0. The highest BCUT2D eigenvalue weighted by Gasteiger charge is 2.15. The van der Waals surface area contributed by atoms with Crippen LogP contribution >= 0.6 is 0 Å². The molecule has 0 radical (unpaired) electrons. The van der Waals surface area contributed by atoms with E-state index in [1.165, 1.54) is 48.7 Å². The fourth-order valence-corrected chi connectivity index (χ4v) is 2.21. The van der Waals surface area contributed by atoms with Gasteiger partial charge in [0, 0.05) is 24.4 Å². The number of carbonyl (C=O) groups excluding carboxylic acids is 1. The Morgan fingerprint density at radius 3 is 2.62 bits per heavy atom. The molecule has 2 N–H and O–H groups in total. The third-order valence-corrected chi connectivity index (χ3v) is 3.52. The molecular weight excluding hydrogens is 342 g/mol. The summed E-state index contributed by atoms with van der Waals surface area (Å²) in [6.07, 6.45) is 1.45. The van der Waals surface area contributed by atoms with Crippen LogP contribution in [0.1, 0.15) is 15.9 Å². The monoisotopic (exact) mass is 356 g/mol. The fourth-order valence-electron chi connectivity index (χ4n) is 2.21. The summed E-state index contributed by atoms with van der Waals surface area (Å²) in [6.45, 7) is -0.0736. The van der Waals surface area contributed by atoms with E-state index in [0.717, 1.165) is 6.07 Å². The number of pyridine rings is 1. The number of phenolic OH excluding ortho intramolecular Hbond substituents is 1. The molecular formula is C19H14F2N2O3. The third kappa shape index (κ3) is 4.13. The zero-order valence-electron chi connectivity index (χ0n) is 13.4. The summed E-state index contributed by atoms with van der Waals surface area (Å²) in [5.41, 5.74) is 0.372. The Morgan fingerprint density at radius 2 is 1.88 bits per heavy atom. The molecule has 0 fully saturated rings. The molecule has 132 valence electrons. The Hall–Kier alpha value is -3.48. The van der Waals surface area contributed by atoms with Crippen LogP contribution in [-0.2, 0) is 6.54 Å². The quantitative estimate of drug-likeness (QED) is 0.730. The molecule has 0 bridgehead atoms. The van der Waals surface area contributed by atoms with Gasteiger partial charge in [-0.2, -0.15) is 0 Å². The minimum Gasteiger partial charge on any atom is -0.508 e. The number of aromatic nitrogens is 1. The Kier molecular flexibility index (Phi) is 5.07. The summed E-state index contributed by atoms with van der Waals surface area (Å²) in [5, 5.41) is 11.8. The molecule has 1 heterocycles. The highest BCUT2D eigenvalue weighted by Crippen LogP contribution is 2.23. The lowest BCUT2D eigenvalue weighted by Crippen LogP contribution is -2.24. The number of nitrogens with zero attached hydrogens (tertiary/aromatic N) is 1. The van der Waals surface area contributed by atoms with Gasteiger partial charge in [-0.25, -0.2) is 13.8 Å². The maximum atomic E-state index is 13.7. The summed E-state index contributed by atoms with van der Waals surface area (Å²) in [5.74, 6) is -1.37. The Bertz CT molecular complexity index is 930. The maximum Gasteiger partial charge on any atom is 0.257 e. The van der Waals surface area contributed by atoms with Crippen molar-refractivity contribution in [2.24, 2.45) is 0 Å². The van der Waals surface area contributed by atoms with Crippen molar-refractivity contribution < 1.29 is 23.4 Å². The van der Waals surface area contributed by atoms with Crippen LogP contribution in [-0.4, -0.2) is 16.0 Å². The van der Waals surface area contributed by atoms with E-state index in [0.29, 0.717) is 5.75 Å². The number of ether oxygens (including phenoxy) is 1. The number of phenols is 1. The summed E-state index contributed by atoms with van der Waals surface area (Å²) < 4.78 is 32.2.